The third kappa shape index (κ3) is 2.07. The summed E-state index contributed by atoms with van der Waals surface area (Å²) in [4.78, 5) is 10.9. The molecule has 2 rings (SSSR count). The van der Waals surface area contributed by atoms with E-state index >= 15 is 0 Å². The lowest BCUT2D eigenvalue weighted by Crippen LogP contribution is -2.00. The van der Waals surface area contributed by atoms with E-state index in [2.05, 4.69) is 5.10 Å². The first-order chi connectivity index (χ1) is 9.36. The zero-order chi connectivity index (χ0) is 15.0. The van der Waals surface area contributed by atoms with E-state index in [4.69, 9.17) is 9.84 Å². The topological polar surface area (TPSA) is 84.6 Å². The molecule has 0 saturated heterocycles. The van der Waals surface area contributed by atoms with E-state index in [-0.39, 0.29) is 28.5 Å². The van der Waals surface area contributed by atoms with Gasteiger partial charge in [0.1, 0.15) is 0 Å². The Bertz CT molecular complexity index is 694. The molecule has 0 fully saturated rings. The summed E-state index contributed by atoms with van der Waals surface area (Å²) in [6.07, 6.45) is 0. The van der Waals surface area contributed by atoms with E-state index in [0.29, 0.717) is 5.56 Å². The minimum Gasteiger partial charge on any atom is -0.504 e. The normalized spacial score (nSPS) is 10.6. The summed E-state index contributed by atoms with van der Waals surface area (Å²) in [7, 11) is 2.75. The van der Waals surface area contributed by atoms with E-state index in [1.807, 2.05) is 0 Å². The minimum absolute atomic E-state index is 0.111. The lowest BCUT2D eigenvalue weighted by molar-refractivity contribution is 0.0689. The number of carboxylic acid groups (broad SMARTS) is 1. The van der Waals surface area contributed by atoms with Gasteiger partial charge in [-0.25, -0.2) is 9.18 Å². The van der Waals surface area contributed by atoms with Crippen LogP contribution in [-0.2, 0) is 7.05 Å². The van der Waals surface area contributed by atoms with Crippen molar-refractivity contribution in [2.75, 3.05) is 7.11 Å². The Morgan fingerprint density at radius 3 is 2.60 bits per heavy atom. The van der Waals surface area contributed by atoms with Crippen LogP contribution in [0.5, 0.6) is 11.5 Å². The lowest BCUT2D eigenvalue weighted by Gasteiger charge is -2.12. The standard InChI is InChI=1S/C13H13FN2O4/c1-6-4-7(10(14)12(20-3)11(6)17)9-5-8(13(18)19)15-16(9)2/h4-5,17H,1-3H3,(H,18,19). The van der Waals surface area contributed by atoms with E-state index < -0.39 is 11.8 Å². The van der Waals surface area contributed by atoms with Crippen molar-refractivity contribution in [3.8, 4) is 22.8 Å². The van der Waals surface area contributed by atoms with Crippen LogP contribution in [0.4, 0.5) is 4.39 Å². The number of aromatic carboxylic acids is 1. The van der Waals surface area contributed by atoms with Gasteiger partial charge in [0, 0.05) is 12.6 Å². The fourth-order valence-electron chi connectivity index (χ4n) is 1.95. The second-order valence-electron chi connectivity index (χ2n) is 4.28. The molecule has 7 heteroatoms. The van der Waals surface area contributed by atoms with Crippen LogP contribution in [0.25, 0.3) is 11.3 Å². The average molecular weight is 280 g/mol. The molecule has 6 nitrogen and oxygen atoms in total. The number of rotatable bonds is 3. The summed E-state index contributed by atoms with van der Waals surface area (Å²) in [5.74, 6) is -2.53. The minimum atomic E-state index is -1.20. The van der Waals surface area contributed by atoms with E-state index in [1.165, 1.54) is 31.0 Å². The lowest BCUT2D eigenvalue weighted by atomic mass is 10.1. The largest absolute Gasteiger partial charge is 0.504 e. The molecule has 0 radical (unpaired) electrons. The highest BCUT2D eigenvalue weighted by atomic mass is 19.1. The summed E-state index contributed by atoms with van der Waals surface area (Å²) in [5, 5.41) is 22.4. The maximum atomic E-state index is 14.3. The Morgan fingerprint density at radius 1 is 1.45 bits per heavy atom. The molecule has 0 aliphatic rings. The molecule has 0 bridgehead atoms. The van der Waals surface area contributed by atoms with Gasteiger partial charge in [-0.15, -0.1) is 0 Å². The number of nitrogens with zero attached hydrogens (tertiary/aromatic N) is 2. The number of halogens is 1. The number of hydrogen-bond acceptors (Lipinski definition) is 4. The van der Waals surface area contributed by atoms with Crippen molar-refractivity contribution in [1.82, 2.24) is 9.78 Å². The number of carboxylic acids is 1. The molecule has 20 heavy (non-hydrogen) atoms. The molecule has 0 spiro atoms. The van der Waals surface area contributed by atoms with Gasteiger partial charge in [-0.1, -0.05) is 0 Å². The summed E-state index contributed by atoms with van der Waals surface area (Å²) < 4.78 is 20.4. The number of phenols is 1. The maximum absolute atomic E-state index is 14.3. The molecule has 0 unspecified atom stereocenters. The number of aryl methyl sites for hydroxylation is 2. The first-order valence-electron chi connectivity index (χ1n) is 5.70. The SMILES string of the molecule is COc1c(O)c(C)cc(-c2cc(C(=O)O)nn2C)c1F. The number of aromatic nitrogens is 2. The van der Waals surface area contributed by atoms with Crippen LogP contribution in [0.3, 0.4) is 0 Å². The third-order valence-electron chi connectivity index (χ3n) is 2.96. The van der Waals surface area contributed by atoms with Crippen LogP contribution in [0.1, 0.15) is 16.1 Å². The number of ether oxygens (including phenoxy) is 1. The Labute approximate surface area is 114 Å². The molecule has 0 aliphatic heterocycles. The van der Waals surface area contributed by atoms with Gasteiger partial charge in [0.2, 0.25) is 0 Å². The van der Waals surface area contributed by atoms with Crippen molar-refractivity contribution >= 4 is 5.97 Å². The molecule has 2 N–H and O–H groups in total. The maximum Gasteiger partial charge on any atom is 0.356 e. The highest BCUT2D eigenvalue weighted by molar-refractivity contribution is 5.87. The molecule has 1 aromatic heterocycles. The molecular formula is C13H13FN2O4. The highest BCUT2D eigenvalue weighted by Gasteiger charge is 2.21. The van der Waals surface area contributed by atoms with Crippen LogP contribution < -0.4 is 4.74 Å². The van der Waals surface area contributed by atoms with Crippen molar-refractivity contribution in [3.05, 3.63) is 29.2 Å². The summed E-state index contributed by atoms with van der Waals surface area (Å²) in [6.45, 7) is 1.59. The van der Waals surface area contributed by atoms with Crippen LogP contribution in [0.2, 0.25) is 0 Å². The van der Waals surface area contributed by atoms with E-state index in [0.717, 1.165) is 0 Å². The highest BCUT2D eigenvalue weighted by Crippen LogP contribution is 2.38. The summed E-state index contributed by atoms with van der Waals surface area (Å²) in [5.41, 5.74) is 0.615. The first-order valence-corrected chi connectivity index (χ1v) is 5.70. The van der Waals surface area contributed by atoms with Gasteiger partial charge in [-0.05, 0) is 24.6 Å². The molecule has 0 aliphatic carbocycles. The van der Waals surface area contributed by atoms with Gasteiger partial charge in [0.05, 0.1) is 12.8 Å². The Balaban J connectivity index is 2.70. The van der Waals surface area contributed by atoms with Crippen molar-refractivity contribution < 1.29 is 24.1 Å². The fraction of sp³-hybridized carbons (Fsp3) is 0.231. The average Bonchev–Trinajstić information content (AvgIpc) is 2.77. The predicted molar refractivity (Wildman–Crippen MR) is 68.5 cm³/mol. The van der Waals surface area contributed by atoms with Gasteiger partial charge in [-0.2, -0.15) is 5.10 Å². The summed E-state index contributed by atoms with van der Waals surface area (Å²) in [6, 6.07) is 2.67. The second kappa shape index (κ2) is 4.84. The van der Waals surface area contributed by atoms with Gasteiger partial charge < -0.3 is 14.9 Å². The van der Waals surface area contributed by atoms with Gasteiger partial charge >= 0.3 is 5.97 Å². The van der Waals surface area contributed by atoms with Crippen LogP contribution >= 0.6 is 0 Å². The number of hydrogen-bond donors (Lipinski definition) is 2. The zero-order valence-corrected chi connectivity index (χ0v) is 11.1. The van der Waals surface area contributed by atoms with Crippen LogP contribution in [0, 0.1) is 12.7 Å². The fourth-order valence-corrected chi connectivity index (χ4v) is 1.95. The van der Waals surface area contributed by atoms with E-state index in [1.54, 1.807) is 6.92 Å². The third-order valence-corrected chi connectivity index (χ3v) is 2.96. The van der Waals surface area contributed by atoms with Crippen molar-refractivity contribution in [2.45, 2.75) is 6.92 Å². The first kappa shape index (κ1) is 13.9. The number of phenolic OH excluding ortho intramolecular Hbond substituents is 1. The molecular weight excluding hydrogens is 267 g/mol. The molecule has 0 amide bonds. The molecule has 1 heterocycles. The predicted octanol–water partition coefficient (Wildman–Crippen LogP) is 1.95. The van der Waals surface area contributed by atoms with Gasteiger partial charge in [0.25, 0.3) is 0 Å². The molecule has 106 valence electrons. The Hall–Kier alpha value is -2.57. The van der Waals surface area contributed by atoms with Crippen LogP contribution in [-0.4, -0.2) is 33.1 Å². The summed E-state index contributed by atoms with van der Waals surface area (Å²) >= 11 is 0. The monoisotopic (exact) mass is 280 g/mol. The second-order valence-corrected chi connectivity index (χ2v) is 4.28. The molecule has 2 aromatic rings. The number of methoxy groups -OCH3 is 1. The van der Waals surface area contributed by atoms with E-state index in [9.17, 15) is 14.3 Å². The molecule has 0 atom stereocenters. The number of benzene rings is 1. The quantitative estimate of drug-likeness (QED) is 0.897. The van der Waals surface area contributed by atoms with Gasteiger partial charge in [0.15, 0.2) is 23.0 Å². The van der Waals surface area contributed by atoms with Gasteiger partial charge in [-0.3, -0.25) is 4.68 Å². The Morgan fingerprint density at radius 2 is 2.10 bits per heavy atom. The number of aromatic hydroxyl groups is 1. The van der Waals surface area contributed by atoms with Crippen molar-refractivity contribution in [3.63, 3.8) is 0 Å². The van der Waals surface area contributed by atoms with Crippen molar-refractivity contribution in [2.24, 2.45) is 7.05 Å². The molecule has 0 saturated carbocycles. The number of carbonyl (C=O) groups is 1. The molecule has 1 aromatic carbocycles. The smallest absolute Gasteiger partial charge is 0.356 e. The Kier molecular flexibility index (Phi) is 3.35. The zero-order valence-electron chi connectivity index (χ0n) is 11.1. The van der Waals surface area contributed by atoms with Crippen molar-refractivity contribution in [1.29, 1.82) is 0 Å². The van der Waals surface area contributed by atoms with Crippen LogP contribution in [0.15, 0.2) is 12.1 Å².